The average molecular weight is 428 g/mol. The molecule has 0 aliphatic carbocycles. The van der Waals surface area contributed by atoms with E-state index in [0.717, 1.165) is 5.56 Å². The zero-order valence-corrected chi connectivity index (χ0v) is 14.6. The fourth-order valence-corrected chi connectivity index (χ4v) is 2.44. The number of thiocarbonyl (C=S) groups is 1. The Morgan fingerprint density at radius 3 is 2.17 bits per heavy atom. The Labute approximate surface area is 148 Å². The Balaban J connectivity index is 2.29. The minimum absolute atomic E-state index is 0.255. The summed E-state index contributed by atoms with van der Waals surface area (Å²) in [6.07, 6.45) is 0. The standard InChI is InChI=1S/C14H8BrClF4N2S/c1-5-2-3-6(16)4-7(5)21-14(23)22-13-11(19)9(17)8(15)10(18)12(13)20/h2-4H,1H3,(H2,21,22,23). The molecular formula is C14H8BrClF4N2S. The van der Waals surface area contributed by atoms with Crippen molar-refractivity contribution in [1.29, 1.82) is 0 Å². The van der Waals surface area contributed by atoms with Crippen molar-refractivity contribution in [2.45, 2.75) is 6.92 Å². The quantitative estimate of drug-likeness (QED) is 0.275. The SMILES string of the molecule is Cc1ccc(Cl)cc1NC(=S)Nc1c(F)c(F)c(Br)c(F)c1F. The van der Waals surface area contributed by atoms with Crippen LogP contribution in [0.4, 0.5) is 28.9 Å². The Kier molecular flexibility index (Phi) is 5.49. The Morgan fingerprint density at radius 2 is 1.61 bits per heavy atom. The zero-order chi connectivity index (χ0) is 17.3. The van der Waals surface area contributed by atoms with Crippen LogP contribution in [-0.2, 0) is 0 Å². The van der Waals surface area contributed by atoms with E-state index in [2.05, 4.69) is 26.6 Å². The van der Waals surface area contributed by atoms with Crippen molar-refractivity contribution >= 4 is 56.2 Å². The Hall–Kier alpha value is -1.38. The highest BCUT2D eigenvalue weighted by molar-refractivity contribution is 9.10. The van der Waals surface area contributed by atoms with Crippen LogP contribution in [0.25, 0.3) is 0 Å². The van der Waals surface area contributed by atoms with Crippen LogP contribution in [-0.4, -0.2) is 5.11 Å². The van der Waals surface area contributed by atoms with Crippen LogP contribution in [0.15, 0.2) is 22.7 Å². The Bertz CT molecular complexity index is 772. The van der Waals surface area contributed by atoms with Gasteiger partial charge in [-0.3, -0.25) is 0 Å². The summed E-state index contributed by atoms with van der Waals surface area (Å²) in [5, 5.41) is 4.92. The second-order valence-electron chi connectivity index (χ2n) is 4.48. The van der Waals surface area contributed by atoms with E-state index in [1.165, 1.54) is 0 Å². The molecule has 122 valence electrons. The summed E-state index contributed by atoms with van der Waals surface area (Å²) in [6.45, 7) is 1.75. The third-order valence-electron chi connectivity index (χ3n) is 2.90. The number of hydrogen-bond acceptors (Lipinski definition) is 1. The van der Waals surface area contributed by atoms with Gasteiger partial charge in [-0.1, -0.05) is 17.7 Å². The Morgan fingerprint density at radius 1 is 1.04 bits per heavy atom. The molecule has 2 N–H and O–H groups in total. The van der Waals surface area contributed by atoms with Crippen LogP contribution in [0, 0.1) is 30.2 Å². The average Bonchev–Trinajstić information content (AvgIpc) is 2.51. The summed E-state index contributed by atoms with van der Waals surface area (Å²) in [5.74, 6) is -6.31. The third-order valence-corrected chi connectivity index (χ3v) is 4.03. The predicted molar refractivity (Wildman–Crippen MR) is 90.0 cm³/mol. The number of halogens is 6. The largest absolute Gasteiger partial charge is 0.332 e. The van der Waals surface area contributed by atoms with Crippen LogP contribution in [0.2, 0.25) is 5.02 Å². The fourth-order valence-electron chi connectivity index (χ4n) is 1.71. The first-order valence-electron chi connectivity index (χ1n) is 6.08. The molecule has 0 bridgehead atoms. The summed E-state index contributed by atoms with van der Waals surface area (Å²) in [7, 11) is 0. The molecule has 0 fully saturated rings. The van der Waals surface area contributed by atoms with Crippen LogP contribution >= 0.6 is 39.7 Å². The van der Waals surface area contributed by atoms with Gasteiger partial charge in [0.15, 0.2) is 28.4 Å². The van der Waals surface area contributed by atoms with Crippen molar-refractivity contribution in [3.8, 4) is 0 Å². The minimum Gasteiger partial charge on any atom is -0.332 e. The van der Waals surface area contributed by atoms with Crippen LogP contribution in [0.1, 0.15) is 5.56 Å². The van der Waals surface area contributed by atoms with Crippen molar-refractivity contribution in [3.05, 3.63) is 56.5 Å². The second-order valence-corrected chi connectivity index (χ2v) is 6.12. The number of aryl methyl sites for hydroxylation is 1. The maximum absolute atomic E-state index is 13.8. The van der Waals surface area contributed by atoms with E-state index in [9.17, 15) is 17.6 Å². The van der Waals surface area contributed by atoms with Crippen molar-refractivity contribution in [1.82, 2.24) is 0 Å². The van der Waals surface area contributed by atoms with Crippen molar-refractivity contribution < 1.29 is 17.6 Å². The highest BCUT2D eigenvalue weighted by Gasteiger charge is 2.24. The maximum Gasteiger partial charge on any atom is 0.186 e. The van der Waals surface area contributed by atoms with Crippen LogP contribution in [0.3, 0.4) is 0 Å². The van der Waals surface area contributed by atoms with E-state index < -0.39 is 33.4 Å². The molecular weight excluding hydrogens is 420 g/mol. The van der Waals surface area contributed by atoms with Gasteiger partial charge in [-0.15, -0.1) is 0 Å². The maximum atomic E-state index is 13.8. The number of benzene rings is 2. The van der Waals surface area contributed by atoms with E-state index >= 15 is 0 Å². The molecule has 2 rings (SSSR count). The van der Waals surface area contributed by atoms with E-state index in [4.69, 9.17) is 23.8 Å². The van der Waals surface area contributed by atoms with Crippen molar-refractivity contribution in [3.63, 3.8) is 0 Å². The molecule has 0 unspecified atom stereocenters. The number of anilines is 2. The van der Waals surface area contributed by atoms with Gasteiger partial charge in [-0.2, -0.15) is 0 Å². The van der Waals surface area contributed by atoms with Gasteiger partial charge in [-0.25, -0.2) is 17.6 Å². The topological polar surface area (TPSA) is 24.1 Å². The lowest BCUT2D eigenvalue weighted by Crippen LogP contribution is -2.22. The summed E-state index contributed by atoms with van der Waals surface area (Å²) in [6, 6.07) is 4.89. The highest BCUT2D eigenvalue weighted by atomic mass is 79.9. The van der Waals surface area contributed by atoms with Gasteiger partial charge in [0.1, 0.15) is 5.69 Å². The lowest BCUT2D eigenvalue weighted by atomic mass is 10.2. The molecule has 2 aromatic carbocycles. The van der Waals surface area contributed by atoms with Gasteiger partial charge in [0.2, 0.25) is 0 Å². The normalized spacial score (nSPS) is 10.6. The van der Waals surface area contributed by atoms with Gasteiger partial charge in [0.25, 0.3) is 0 Å². The first kappa shape index (κ1) is 18.0. The van der Waals surface area contributed by atoms with Gasteiger partial charge in [-0.05, 0) is 52.8 Å². The van der Waals surface area contributed by atoms with Crippen molar-refractivity contribution in [2.75, 3.05) is 10.6 Å². The van der Waals surface area contributed by atoms with Crippen molar-refractivity contribution in [2.24, 2.45) is 0 Å². The van der Waals surface area contributed by atoms with Crippen LogP contribution < -0.4 is 10.6 Å². The van der Waals surface area contributed by atoms with Gasteiger partial charge in [0.05, 0.1) is 4.47 Å². The molecule has 9 heteroatoms. The summed E-state index contributed by atoms with van der Waals surface area (Å²) < 4.78 is 53.6. The molecule has 0 heterocycles. The summed E-state index contributed by atoms with van der Waals surface area (Å²) in [4.78, 5) is 0. The summed E-state index contributed by atoms with van der Waals surface area (Å²) in [5.41, 5.74) is 0.210. The second kappa shape index (κ2) is 7.02. The molecule has 2 nitrogen and oxygen atoms in total. The highest BCUT2D eigenvalue weighted by Crippen LogP contribution is 2.31. The monoisotopic (exact) mass is 426 g/mol. The molecule has 23 heavy (non-hydrogen) atoms. The van der Waals surface area contributed by atoms with E-state index in [-0.39, 0.29) is 5.11 Å². The van der Waals surface area contributed by atoms with Gasteiger partial charge in [0, 0.05) is 10.7 Å². The molecule has 0 aliphatic heterocycles. The molecule has 0 saturated carbocycles. The molecule has 0 radical (unpaired) electrons. The molecule has 0 saturated heterocycles. The fraction of sp³-hybridized carbons (Fsp3) is 0.0714. The lowest BCUT2D eigenvalue weighted by molar-refractivity contribution is 0.452. The summed E-state index contributed by atoms with van der Waals surface area (Å²) >= 11 is 13.2. The smallest absolute Gasteiger partial charge is 0.186 e. The minimum atomic E-state index is -1.59. The van der Waals surface area contributed by atoms with E-state index in [0.29, 0.717) is 10.7 Å². The third kappa shape index (κ3) is 3.76. The molecule has 0 amide bonds. The zero-order valence-electron chi connectivity index (χ0n) is 11.4. The molecule has 2 aromatic rings. The molecule has 0 aromatic heterocycles. The van der Waals surface area contributed by atoms with Crippen LogP contribution in [0.5, 0.6) is 0 Å². The predicted octanol–water partition coefficient (Wildman–Crippen LogP) is 5.78. The van der Waals surface area contributed by atoms with E-state index in [1.54, 1.807) is 25.1 Å². The van der Waals surface area contributed by atoms with E-state index in [1.807, 2.05) is 0 Å². The van der Waals surface area contributed by atoms with Gasteiger partial charge >= 0.3 is 0 Å². The molecule has 0 spiro atoms. The number of rotatable bonds is 2. The molecule has 0 aliphatic rings. The number of nitrogens with one attached hydrogen (secondary N) is 2. The number of hydrogen-bond donors (Lipinski definition) is 2. The lowest BCUT2D eigenvalue weighted by Gasteiger charge is -2.15. The molecule has 0 atom stereocenters. The van der Waals surface area contributed by atoms with Gasteiger partial charge < -0.3 is 10.6 Å². The first-order valence-corrected chi connectivity index (χ1v) is 7.66. The first-order chi connectivity index (χ1) is 10.7.